The van der Waals surface area contributed by atoms with E-state index in [4.69, 9.17) is 14.7 Å². The van der Waals surface area contributed by atoms with E-state index in [9.17, 15) is 0 Å². The molecule has 0 atom stereocenters. The van der Waals surface area contributed by atoms with Gasteiger partial charge in [-0.3, -0.25) is 0 Å². The zero-order valence-electron chi connectivity index (χ0n) is 18.1. The van der Waals surface area contributed by atoms with Crippen LogP contribution in [0.3, 0.4) is 0 Å². The van der Waals surface area contributed by atoms with Crippen LogP contribution in [0.2, 0.25) is 0 Å². The first-order chi connectivity index (χ1) is 14.6. The number of ether oxygens (including phenoxy) is 1. The van der Waals surface area contributed by atoms with Gasteiger partial charge in [0.15, 0.2) is 0 Å². The summed E-state index contributed by atoms with van der Waals surface area (Å²) in [6.07, 6.45) is 13.4. The van der Waals surface area contributed by atoms with E-state index in [1.807, 2.05) is 0 Å². The minimum atomic E-state index is 0.766. The molecule has 0 bridgehead atoms. The van der Waals surface area contributed by atoms with Gasteiger partial charge in [0.2, 0.25) is 0 Å². The monoisotopic (exact) mass is 630 g/mol. The molecule has 0 fully saturated rings. The molecular formula is C25H32I2N2O. The van der Waals surface area contributed by atoms with Gasteiger partial charge in [-0.05, 0) is 82.8 Å². The molecule has 0 unspecified atom stereocenters. The normalized spacial score (nSPS) is 11.5. The number of nitrogens with zero attached hydrogens (tertiary/aromatic N) is 2. The van der Waals surface area contributed by atoms with E-state index < -0.39 is 0 Å². The van der Waals surface area contributed by atoms with Crippen molar-refractivity contribution in [3.63, 3.8) is 0 Å². The molecule has 2 aromatic heterocycles. The van der Waals surface area contributed by atoms with Gasteiger partial charge in [0.25, 0.3) is 0 Å². The molecule has 0 saturated carbocycles. The van der Waals surface area contributed by atoms with Crippen molar-refractivity contribution in [2.24, 2.45) is 0 Å². The Bertz CT molecular complexity index is 974. The van der Waals surface area contributed by atoms with E-state index in [2.05, 4.69) is 83.3 Å². The minimum absolute atomic E-state index is 0.766. The molecule has 162 valence electrons. The van der Waals surface area contributed by atoms with Crippen LogP contribution in [0, 0.1) is 14.3 Å². The quantitative estimate of drug-likeness (QED) is 0.0871. The Labute approximate surface area is 208 Å². The molecule has 3 aromatic rings. The third-order valence-corrected chi connectivity index (χ3v) is 6.88. The lowest BCUT2D eigenvalue weighted by Gasteiger charge is -2.15. The maximum absolute atomic E-state index is 6.33. The van der Waals surface area contributed by atoms with Crippen LogP contribution < -0.4 is 4.74 Å². The fourth-order valence-corrected chi connectivity index (χ4v) is 4.83. The van der Waals surface area contributed by atoms with E-state index in [0.717, 1.165) is 53.5 Å². The average Bonchev–Trinajstić information content (AvgIpc) is 2.74. The first kappa shape index (κ1) is 24.0. The van der Waals surface area contributed by atoms with Gasteiger partial charge >= 0.3 is 0 Å². The zero-order chi connectivity index (χ0) is 21.3. The standard InChI is InChI=1S/C25H32I2N2O/c1-3-4-5-6-7-8-9-10-11-12-17-30-25-18(2)19-13-15-21(26)28-23(19)24-20(25)14-16-22(27)29-24/h13-16H,3-12,17H2,1-2H3. The summed E-state index contributed by atoms with van der Waals surface area (Å²) in [5.74, 6) is 0.973. The first-order valence-corrected chi connectivity index (χ1v) is 13.5. The van der Waals surface area contributed by atoms with Crippen molar-refractivity contribution >= 4 is 67.0 Å². The summed E-state index contributed by atoms with van der Waals surface area (Å²) in [7, 11) is 0. The summed E-state index contributed by atoms with van der Waals surface area (Å²) in [5, 5.41) is 2.21. The summed E-state index contributed by atoms with van der Waals surface area (Å²) < 4.78 is 8.29. The molecule has 0 N–H and O–H groups in total. The van der Waals surface area contributed by atoms with E-state index in [1.54, 1.807) is 0 Å². The molecule has 1 aromatic carbocycles. The second-order valence-corrected chi connectivity index (χ2v) is 10.3. The number of hydrogen-bond acceptors (Lipinski definition) is 3. The molecule has 0 aliphatic heterocycles. The predicted molar refractivity (Wildman–Crippen MR) is 145 cm³/mol. The van der Waals surface area contributed by atoms with E-state index in [1.165, 1.54) is 57.8 Å². The van der Waals surface area contributed by atoms with Crippen LogP contribution >= 0.6 is 45.2 Å². The van der Waals surface area contributed by atoms with Crippen LogP contribution in [-0.2, 0) is 0 Å². The van der Waals surface area contributed by atoms with Crippen LogP contribution in [0.25, 0.3) is 21.8 Å². The van der Waals surface area contributed by atoms with E-state index >= 15 is 0 Å². The molecule has 3 rings (SSSR count). The summed E-state index contributed by atoms with van der Waals surface area (Å²) in [4.78, 5) is 9.57. The highest BCUT2D eigenvalue weighted by atomic mass is 127. The minimum Gasteiger partial charge on any atom is -0.493 e. The van der Waals surface area contributed by atoms with Crippen LogP contribution in [0.5, 0.6) is 5.75 Å². The van der Waals surface area contributed by atoms with Crippen molar-refractivity contribution in [1.82, 2.24) is 9.97 Å². The van der Waals surface area contributed by atoms with Crippen molar-refractivity contribution < 1.29 is 4.74 Å². The van der Waals surface area contributed by atoms with Gasteiger partial charge in [0, 0.05) is 16.3 Å². The van der Waals surface area contributed by atoms with Crippen LogP contribution in [0.4, 0.5) is 0 Å². The first-order valence-electron chi connectivity index (χ1n) is 11.3. The highest BCUT2D eigenvalue weighted by Gasteiger charge is 2.15. The summed E-state index contributed by atoms with van der Waals surface area (Å²) >= 11 is 4.53. The maximum atomic E-state index is 6.33. The van der Waals surface area contributed by atoms with Gasteiger partial charge in [-0.15, -0.1) is 0 Å². The smallest absolute Gasteiger partial charge is 0.132 e. The van der Waals surface area contributed by atoms with Crippen molar-refractivity contribution in [1.29, 1.82) is 0 Å². The molecule has 3 nitrogen and oxygen atoms in total. The molecule has 30 heavy (non-hydrogen) atoms. The number of unbranched alkanes of at least 4 members (excludes halogenated alkanes) is 9. The Morgan fingerprint density at radius 1 is 0.700 bits per heavy atom. The predicted octanol–water partition coefficient (Wildman–Crippen LogP) is 8.60. The number of fused-ring (bicyclic) bond motifs is 3. The van der Waals surface area contributed by atoms with Gasteiger partial charge in [0.1, 0.15) is 18.7 Å². The van der Waals surface area contributed by atoms with Gasteiger partial charge in [-0.2, -0.15) is 0 Å². The van der Waals surface area contributed by atoms with Crippen molar-refractivity contribution in [3.8, 4) is 5.75 Å². The van der Waals surface area contributed by atoms with Gasteiger partial charge in [0.05, 0.1) is 12.1 Å². The topological polar surface area (TPSA) is 35.0 Å². The van der Waals surface area contributed by atoms with Gasteiger partial charge < -0.3 is 4.74 Å². The number of hydrogen-bond donors (Lipinski definition) is 0. The van der Waals surface area contributed by atoms with Crippen LogP contribution in [-0.4, -0.2) is 16.6 Å². The number of aryl methyl sites for hydroxylation is 1. The second kappa shape index (κ2) is 12.4. The van der Waals surface area contributed by atoms with Crippen LogP contribution in [0.1, 0.15) is 76.7 Å². The van der Waals surface area contributed by atoms with Crippen molar-refractivity contribution in [2.45, 2.75) is 78.1 Å². The van der Waals surface area contributed by atoms with Crippen molar-refractivity contribution in [3.05, 3.63) is 37.2 Å². The number of rotatable bonds is 12. The molecule has 5 heteroatoms. The molecule has 2 heterocycles. The Balaban J connectivity index is 1.58. The zero-order valence-corrected chi connectivity index (χ0v) is 22.5. The second-order valence-electron chi connectivity index (χ2n) is 8.04. The Morgan fingerprint density at radius 3 is 1.80 bits per heavy atom. The lowest BCUT2D eigenvalue weighted by molar-refractivity contribution is 0.306. The lowest BCUT2D eigenvalue weighted by atomic mass is 10.0. The molecule has 0 spiro atoms. The summed E-state index contributed by atoms with van der Waals surface area (Å²) in [6, 6.07) is 8.39. The number of aromatic nitrogens is 2. The highest BCUT2D eigenvalue weighted by Crippen LogP contribution is 2.36. The van der Waals surface area contributed by atoms with Gasteiger partial charge in [-0.1, -0.05) is 64.7 Å². The van der Waals surface area contributed by atoms with E-state index in [-0.39, 0.29) is 0 Å². The molecule has 0 saturated heterocycles. The Morgan fingerprint density at radius 2 is 1.20 bits per heavy atom. The van der Waals surface area contributed by atoms with Crippen molar-refractivity contribution in [2.75, 3.05) is 6.61 Å². The maximum Gasteiger partial charge on any atom is 0.132 e. The van der Waals surface area contributed by atoms with Crippen LogP contribution in [0.15, 0.2) is 24.3 Å². The molecule has 0 aliphatic carbocycles. The number of benzene rings is 1. The average molecular weight is 630 g/mol. The number of halogens is 2. The molecule has 0 aliphatic rings. The molecule has 0 amide bonds. The third-order valence-electron chi connectivity index (χ3n) is 5.68. The lowest BCUT2D eigenvalue weighted by Crippen LogP contribution is -2.02. The largest absolute Gasteiger partial charge is 0.493 e. The molecule has 0 radical (unpaired) electrons. The summed E-state index contributed by atoms with van der Waals surface area (Å²) in [6.45, 7) is 5.18. The molecular weight excluding hydrogens is 598 g/mol. The highest BCUT2D eigenvalue weighted by molar-refractivity contribution is 14.1. The SMILES string of the molecule is CCCCCCCCCCCCOc1c(C)c2ccc(I)nc2c2nc(I)ccc12. The Hall–Kier alpha value is -0.700. The fraction of sp³-hybridized carbons (Fsp3) is 0.520. The number of pyridine rings is 2. The fourth-order valence-electron chi connectivity index (χ4n) is 3.99. The van der Waals surface area contributed by atoms with E-state index in [0.29, 0.717) is 0 Å². The Kier molecular flexibility index (Phi) is 9.87. The summed E-state index contributed by atoms with van der Waals surface area (Å²) in [5.41, 5.74) is 3.08. The third kappa shape index (κ3) is 6.40. The van der Waals surface area contributed by atoms with Gasteiger partial charge in [-0.25, -0.2) is 9.97 Å².